The average molecular weight is 508 g/mol. The van der Waals surface area contributed by atoms with Gasteiger partial charge in [0.1, 0.15) is 4.91 Å². The molecule has 2 heterocycles. The van der Waals surface area contributed by atoms with Crippen LogP contribution in [0.4, 0.5) is 0 Å². The lowest BCUT2D eigenvalue weighted by Gasteiger charge is -2.15. The fraction of sp³-hybridized carbons (Fsp3) is 0.100. The molecule has 5 rings (SSSR count). The molecule has 2 aromatic heterocycles. The van der Waals surface area contributed by atoms with Crippen molar-refractivity contribution in [2.45, 2.75) is 25.5 Å². The number of carbonyl (C=O) groups is 1. The summed E-state index contributed by atoms with van der Waals surface area (Å²) in [4.78, 5) is 12.4. The predicted molar refractivity (Wildman–Crippen MR) is 147 cm³/mol. The molecule has 1 N–H and O–H groups in total. The maximum Gasteiger partial charge on any atom is 0.342 e. The molecule has 0 aliphatic rings. The number of rotatable bonds is 8. The average Bonchev–Trinajstić information content (AvgIpc) is 3.54. The predicted octanol–water partition coefficient (Wildman–Crippen LogP) is 7.28. The summed E-state index contributed by atoms with van der Waals surface area (Å²) in [5.74, 6) is -0.598. The largest absolute Gasteiger partial charge is 0.477 e. The normalized spacial score (nSPS) is 11.6. The molecule has 184 valence electrons. The third-order valence-corrected chi connectivity index (χ3v) is 6.74. The third-order valence-electron chi connectivity index (χ3n) is 5.88. The Hall–Kier alpha value is -4.36. The number of nitrogens with zero attached hydrogens (tertiary/aromatic N) is 3. The molecule has 0 fully saturated rings. The van der Waals surface area contributed by atoms with Gasteiger partial charge in [0.2, 0.25) is 5.89 Å². The Balaban J connectivity index is 1.76. The van der Waals surface area contributed by atoms with Gasteiger partial charge in [-0.15, -0.1) is 10.2 Å². The molecular formula is C30H25N3O3S. The highest BCUT2D eigenvalue weighted by Crippen LogP contribution is 2.38. The molecule has 0 spiro atoms. The van der Waals surface area contributed by atoms with Gasteiger partial charge < -0.3 is 14.1 Å². The van der Waals surface area contributed by atoms with E-state index in [9.17, 15) is 9.90 Å². The van der Waals surface area contributed by atoms with Crippen LogP contribution in [-0.4, -0.2) is 25.8 Å². The molecule has 0 amide bonds. The van der Waals surface area contributed by atoms with Gasteiger partial charge in [0.25, 0.3) is 5.22 Å². The van der Waals surface area contributed by atoms with E-state index in [0.717, 1.165) is 51.1 Å². The molecule has 0 aliphatic heterocycles. The number of aryl methyl sites for hydroxylation is 2. The van der Waals surface area contributed by atoms with Crippen LogP contribution in [0, 0.1) is 6.92 Å². The second-order valence-electron chi connectivity index (χ2n) is 8.47. The summed E-state index contributed by atoms with van der Waals surface area (Å²) in [5, 5.41) is 18.2. The first kappa shape index (κ1) is 24.3. The van der Waals surface area contributed by atoms with Gasteiger partial charge in [-0.05, 0) is 54.1 Å². The smallest absolute Gasteiger partial charge is 0.342 e. The van der Waals surface area contributed by atoms with Crippen molar-refractivity contribution in [2.75, 3.05) is 0 Å². The van der Waals surface area contributed by atoms with Crippen LogP contribution < -0.4 is 0 Å². The van der Waals surface area contributed by atoms with E-state index >= 15 is 0 Å². The Kier molecular flexibility index (Phi) is 7.05. The van der Waals surface area contributed by atoms with Crippen LogP contribution in [0.2, 0.25) is 0 Å². The Morgan fingerprint density at radius 2 is 1.59 bits per heavy atom. The van der Waals surface area contributed by atoms with Crippen LogP contribution in [0.15, 0.2) is 106 Å². The van der Waals surface area contributed by atoms with Gasteiger partial charge in [-0.2, -0.15) is 0 Å². The van der Waals surface area contributed by atoms with Gasteiger partial charge >= 0.3 is 5.97 Å². The summed E-state index contributed by atoms with van der Waals surface area (Å²) in [5.41, 5.74) is 6.75. The Morgan fingerprint density at radius 3 is 2.19 bits per heavy atom. The molecule has 0 saturated carbocycles. The van der Waals surface area contributed by atoms with Gasteiger partial charge in [-0.1, -0.05) is 85.3 Å². The lowest BCUT2D eigenvalue weighted by molar-refractivity contribution is -0.131. The van der Waals surface area contributed by atoms with E-state index in [0.29, 0.717) is 12.3 Å². The van der Waals surface area contributed by atoms with Crippen molar-refractivity contribution in [3.8, 4) is 28.2 Å². The van der Waals surface area contributed by atoms with E-state index in [1.165, 1.54) is 0 Å². The van der Waals surface area contributed by atoms with Crippen LogP contribution in [0.1, 0.15) is 23.9 Å². The van der Waals surface area contributed by atoms with Crippen molar-refractivity contribution in [3.63, 3.8) is 0 Å². The summed E-state index contributed by atoms with van der Waals surface area (Å²) in [7, 11) is 0. The highest BCUT2D eigenvalue weighted by atomic mass is 32.2. The second-order valence-corrected chi connectivity index (χ2v) is 9.46. The monoisotopic (exact) mass is 507 g/mol. The molecule has 0 saturated heterocycles. The highest BCUT2D eigenvalue weighted by molar-refractivity contribution is 8.03. The molecule has 0 atom stereocenters. The first-order chi connectivity index (χ1) is 18.0. The van der Waals surface area contributed by atoms with E-state index in [1.54, 1.807) is 6.08 Å². The number of carboxylic acids is 1. The Morgan fingerprint density at radius 1 is 0.946 bits per heavy atom. The van der Waals surface area contributed by atoms with Crippen LogP contribution in [0.25, 0.3) is 34.3 Å². The molecule has 3 aromatic carbocycles. The first-order valence-electron chi connectivity index (χ1n) is 11.9. The van der Waals surface area contributed by atoms with Crippen molar-refractivity contribution >= 4 is 23.8 Å². The third kappa shape index (κ3) is 5.27. The first-order valence-corrected chi connectivity index (χ1v) is 12.7. The number of hydrogen-bond donors (Lipinski definition) is 1. The van der Waals surface area contributed by atoms with Crippen molar-refractivity contribution in [2.24, 2.45) is 0 Å². The summed E-state index contributed by atoms with van der Waals surface area (Å²) in [6.07, 6.45) is 2.26. The van der Waals surface area contributed by atoms with Gasteiger partial charge in [-0.25, -0.2) is 4.79 Å². The van der Waals surface area contributed by atoms with Gasteiger partial charge in [-0.3, -0.25) is 0 Å². The number of benzene rings is 3. The van der Waals surface area contributed by atoms with E-state index in [2.05, 4.69) is 58.1 Å². The van der Waals surface area contributed by atoms with Crippen LogP contribution >= 0.6 is 11.8 Å². The highest BCUT2D eigenvalue weighted by Gasteiger charge is 2.21. The van der Waals surface area contributed by atoms with Gasteiger partial charge in [0.15, 0.2) is 0 Å². The summed E-state index contributed by atoms with van der Waals surface area (Å²) in [6.45, 7) is 3.96. The zero-order valence-electron chi connectivity index (χ0n) is 20.5. The lowest BCUT2D eigenvalue weighted by atomic mass is 10.1. The minimum absolute atomic E-state index is 0.0872. The maximum atomic E-state index is 12.3. The lowest BCUT2D eigenvalue weighted by Crippen LogP contribution is -2.01. The Bertz CT molecular complexity index is 1550. The van der Waals surface area contributed by atoms with Crippen molar-refractivity contribution in [1.82, 2.24) is 14.8 Å². The van der Waals surface area contributed by atoms with E-state index in [4.69, 9.17) is 4.42 Å². The molecule has 0 unspecified atom stereocenters. The van der Waals surface area contributed by atoms with Crippen LogP contribution in [0.3, 0.4) is 0 Å². The molecule has 0 bridgehead atoms. The Labute approximate surface area is 219 Å². The molecule has 0 radical (unpaired) electrons. The van der Waals surface area contributed by atoms with Gasteiger partial charge in [0.05, 0.1) is 11.4 Å². The molecule has 5 aromatic rings. The number of aliphatic carboxylic acids is 1. The van der Waals surface area contributed by atoms with Gasteiger partial charge in [0, 0.05) is 17.7 Å². The second kappa shape index (κ2) is 10.7. The van der Waals surface area contributed by atoms with Crippen molar-refractivity contribution in [1.29, 1.82) is 0 Å². The van der Waals surface area contributed by atoms with Crippen LogP contribution in [0.5, 0.6) is 0 Å². The van der Waals surface area contributed by atoms with Crippen molar-refractivity contribution < 1.29 is 14.3 Å². The number of aromatic nitrogens is 3. The maximum absolute atomic E-state index is 12.3. The van der Waals surface area contributed by atoms with Crippen molar-refractivity contribution in [3.05, 3.63) is 113 Å². The fourth-order valence-electron chi connectivity index (χ4n) is 4.11. The number of hydrogen-bond acceptors (Lipinski definition) is 5. The quantitative estimate of drug-likeness (QED) is 0.176. The minimum atomic E-state index is -1.07. The molecule has 0 aliphatic carbocycles. The minimum Gasteiger partial charge on any atom is -0.477 e. The molecular weight excluding hydrogens is 482 g/mol. The van der Waals surface area contributed by atoms with E-state index < -0.39 is 5.97 Å². The zero-order valence-corrected chi connectivity index (χ0v) is 21.3. The standard InChI is InChI=1S/C30H25N3O3S/c1-3-27-31-32-30(36-27)37-26(29(34)35)19-23-18-25(21-10-6-4-7-11-21)33(24-16-14-20(2)15-17-24)28(23)22-12-8-5-9-13-22/h4-19H,3H2,1-2H3,(H,34,35)/b26-19-. The molecule has 6 nitrogen and oxygen atoms in total. The summed E-state index contributed by atoms with van der Waals surface area (Å²) < 4.78 is 7.76. The molecule has 7 heteroatoms. The topological polar surface area (TPSA) is 81.2 Å². The fourth-order valence-corrected chi connectivity index (χ4v) is 4.79. The van der Waals surface area contributed by atoms with E-state index in [1.807, 2.05) is 61.5 Å². The zero-order chi connectivity index (χ0) is 25.8. The number of carboxylic acid groups (broad SMARTS) is 1. The summed E-state index contributed by atoms with van der Waals surface area (Å²) >= 11 is 0.952. The van der Waals surface area contributed by atoms with E-state index in [-0.39, 0.29) is 10.1 Å². The van der Waals surface area contributed by atoms with Crippen LogP contribution in [-0.2, 0) is 11.2 Å². The SMILES string of the molecule is CCc1nnc(S/C(=C\c2cc(-c3ccccc3)n(-c3ccc(C)cc3)c2-c2ccccc2)C(=O)O)o1. The number of thioether (sulfide) groups is 1. The summed E-state index contributed by atoms with van der Waals surface area (Å²) in [6, 6.07) is 30.4. The molecule has 37 heavy (non-hydrogen) atoms.